The first-order chi connectivity index (χ1) is 24.8. The summed E-state index contributed by atoms with van der Waals surface area (Å²) in [7, 11) is 0. The van der Waals surface area contributed by atoms with E-state index in [1.165, 1.54) is 30.6 Å². The normalized spacial score (nSPS) is 11.5. The molecule has 6 rings (SSSR count). The van der Waals surface area contributed by atoms with E-state index in [1.807, 2.05) is 16.7 Å². The topological polar surface area (TPSA) is 138 Å². The number of aryl methyl sites for hydroxylation is 1. The largest absolute Gasteiger partial charge is 0.493 e. The van der Waals surface area contributed by atoms with Crippen LogP contribution in [0.3, 0.4) is 0 Å². The molecule has 0 amide bonds. The minimum Gasteiger partial charge on any atom is -0.493 e. The monoisotopic (exact) mass is 784 g/mol. The van der Waals surface area contributed by atoms with Gasteiger partial charge in [-0.05, 0) is 68.8 Å². The number of alkyl halides is 7. The van der Waals surface area contributed by atoms with Crippen molar-refractivity contribution in [3.63, 3.8) is 0 Å². The zero-order valence-corrected chi connectivity index (χ0v) is 29.0. The Morgan fingerprint density at radius 3 is 1.81 bits per heavy atom. The van der Waals surface area contributed by atoms with Gasteiger partial charge in [-0.25, -0.2) is 19.9 Å². The highest BCUT2D eigenvalue weighted by atomic mass is 79.9. The number of rotatable bonds is 9. The molecule has 0 atom stereocenters. The van der Waals surface area contributed by atoms with Crippen molar-refractivity contribution in [3.05, 3.63) is 83.7 Å². The predicted octanol–water partition coefficient (Wildman–Crippen LogP) is 9.09. The van der Waals surface area contributed by atoms with Crippen LogP contribution in [0.25, 0.3) is 44.6 Å². The molecule has 10 nitrogen and oxygen atoms in total. The van der Waals surface area contributed by atoms with Gasteiger partial charge in [-0.15, -0.1) is 0 Å². The molecule has 0 unspecified atom stereocenters. The van der Waals surface area contributed by atoms with Crippen molar-refractivity contribution >= 4 is 38.0 Å². The van der Waals surface area contributed by atoms with Gasteiger partial charge in [0.05, 0.1) is 59.4 Å². The van der Waals surface area contributed by atoms with Gasteiger partial charge >= 0.3 is 12.4 Å². The van der Waals surface area contributed by atoms with E-state index in [2.05, 4.69) is 40.8 Å². The number of ether oxygens (including phenoxy) is 2. The fourth-order valence-corrected chi connectivity index (χ4v) is 5.50. The quantitative estimate of drug-likeness (QED) is 0.113. The first kappa shape index (κ1) is 37.6. The third-order valence-corrected chi connectivity index (χ3v) is 8.08. The van der Waals surface area contributed by atoms with Gasteiger partial charge in [-0.1, -0.05) is 15.9 Å². The fraction of sp³-hybridized carbons (Fsp3) is 0.257. The lowest BCUT2D eigenvalue weighted by molar-refractivity contribution is -0.139. The number of H-pyrrole nitrogens is 1. The first-order valence-corrected chi connectivity index (χ1v) is 16.7. The van der Waals surface area contributed by atoms with Crippen LogP contribution in [-0.4, -0.2) is 48.0 Å². The van der Waals surface area contributed by atoms with E-state index < -0.39 is 23.5 Å². The van der Waals surface area contributed by atoms with Gasteiger partial charge in [0.2, 0.25) is 0 Å². The van der Waals surface area contributed by atoms with E-state index >= 15 is 0 Å². The molecule has 4 aromatic heterocycles. The summed E-state index contributed by atoms with van der Waals surface area (Å²) >= 11 is 3.37. The zero-order valence-electron chi connectivity index (χ0n) is 27.4. The number of halogens is 7. The molecule has 52 heavy (non-hydrogen) atoms. The molecular weight excluding hydrogens is 758 g/mol. The molecule has 0 saturated heterocycles. The molecule has 6 aromatic rings. The van der Waals surface area contributed by atoms with Gasteiger partial charge in [0.1, 0.15) is 34.7 Å². The average molecular weight is 786 g/mol. The van der Waals surface area contributed by atoms with Crippen LogP contribution in [0.5, 0.6) is 11.5 Å². The van der Waals surface area contributed by atoms with E-state index in [0.717, 1.165) is 23.9 Å². The summed E-state index contributed by atoms with van der Waals surface area (Å²) in [6, 6.07) is 14.6. The van der Waals surface area contributed by atoms with Crippen LogP contribution in [-0.2, 0) is 18.9 Å². The molecule has 1 N–H and O–H groups in total. The lowest BCUT2D eigenvalue weighted by Gasteiger charge is -2.14. The number of aromatic amines is 1. The van der Waals surface area contributed by atoms with Gasteiger partial charge in [-0.2, -0.15) is 36.9 Å². The molecule has 0 aliphatic heterocycles. The molecule has 0 aliphatic rings. The van der Waals surface area contributed by atoms with Gasteiger partial charge in [0.15, 0.2) is 11.4 Å². The van der Waals surface area contributed by atoms with Crippen LogP contribution in [0.4, 0.5) is 26.3 Å². The predicted molar refractivity (Wildman–Crippen MR) is 182 cm³/mol. The minimum atomic E-state index is -4.57. The molecule has 17 heteroatoms. The number of hydrogen-bond donors (Lipinski definition) is 1. The van der Waals surface area contributed by atoms with E-state index in [9.17, 15) is 31.6 Å². The number of pyridine rings is 2. The van der Waals surface area contributed by atoms with E-state index in [4.69, 9.17) is 14.7 Å². The molecule has 2 aromatic carbocycles. The third kappa shape index (κ3) is 8.10. The Morgan fingerprint density at radius 1 is 0.769 bits per heavy atom. The van der Waals surface area contributed by atoms with Crippen LogP contribution in [0.15, 0.2) is 61.2 Å². The van der Waals surface area contributed by atoms with Crippen molar-refractivity contribution in [2.75, 3.05) is 18.5 Å². The highest BCUT2D eigenvalue weighted by Gasteiger charge is 2.36. The molecule has 4 heterocycles. The molecule has 0 bridgehead atoms. The maximum absolute atomic E-state index is 13.4. The smallest absolute Gasteiger partial charge is 0.419 e. The summed E-state index contributed by atoms with van der Waals surface area (Å²) in [5.41, 5.74) is 1.37. The molecule has 0 saturated carbocycles. The number of aromatic nitrogens is 6. The second-order valence-corrected chi connectivity index (χ2v) is 11.7. The summed E-state index contributed by atoms with van der Waals surface area (Å²) in [5.74, 6) is -0.473. The molecule has 0 spiro atoms. The second-order valence-electron chi connectivity index (χ2n) is 10.9. The zero-order chi connectivity index (χ0) is 37.6. The van der Waals surface area contributed by atoms with Crippen molar-refractivity contribution in [2.24, 2.45) is 0 Å². The lowest BCUT2D eigenvalue weighted by Crippen LogP contribution is -2.09. The standard InChI is InChI=1S/C19H16BrF3N4O.C16H11F3N4O/c1-2-28-17-5-4-12(8-13(17)19(21,22)23)14-9-16-18(15(10-24)26-14)25-11-27(16)7-3-6-20;1-2-24-14-4-3-9(5-10(14)16(17,18)19)11-6-12-15(22-8-21-12)13(7-20)23-11/h4-5,8-9,11H,2-3,6-7H2,1H3;3-6,8H,2H2,1H3,(H,21,22). The summed E-state index contributed by atoms with van der Waals surface area (Å²) < 4.78 is 92.1. The minimum absolute atomic E-state index is 0.0474. The Hall–Kier alpha value is -5.68. The number of hydrogen-bond acceptors (Lipinski definition) is 8. The third-order valence-electron chi connectivity index (χ3n) is 7.52. The number of imidazole rings is 2. The molecule has 0 fully saturated rings. The summed E-state index contributed by atoms with van der Waals surface area (Å²) in [6.07, 6.45) is -5.28. The Morgan fingerprint density at radius 2 is 1.31 bits per heavy atom. The Bertz CT molecular complexity index is 2300. The highest BCUT2D eigenvalue weighted by molar-refractivity contribution is 9.09. The van der Waals surface area contributed by atoms with Crippen LogP contribution < -0.4 is 9.47 Å². The van der Waals surface area contributed by atoms with Gasteiger partial charge in [0, 0.05) is 23.0 Å². The highest BCUT2D eigenvalue weighted by Crippen LogP contribution is 2.40. The van der Waals surface area contributed by atoms with Crippen molar-refractivity contribution in [1.29, 1.82) is 10.5 Å². The van der Waals surface area contributed by atoms with Crippen molar-refractivity contribution in [2.45, 2.75) is 39.2 Å². The van der Waals surface area contributed by atoms with E-state index in [-0.39, 0.29) is 58.6 Å². The van der Waals surface area contributed by atoms with E-state index in [1.54, 1.807) is 32.3 Å². The number of fused-ring (bicyclic) bond motifs is 2. The van der Waals surface area contributed by atoms with Crippen molar-refractivity contribution in [3.8, 4) is 46.2 Å². The maximum atomic E-state index is 13.4. The van der Waals surface area contributed by atoms with Crippen LogP contribution in [0.1, 0.15) is 42.8 Å². The van der Waals surface area contributed by atoms with Crippen LogP contribution >= 0.6 is 15.9 Å². The second kappa shape index (κ2) is 15.7. The molecule has 268 valence electrons. The summed E-state index contributed by atoms with van der Waals surface area (Å²) in [5, 5.41) is 19.4. The summed E-state index contributed by atoms with van der Waals surface area (Å²) in [4.78, 5) is 19.4. The van der Waals surface area contributed by atoms with Gasteiger partial charge < -0.3 is 19.0 Å². The van der Waals surface area contributed by atoms with Crippen LogP contribution in [0.2, 0.25) is 0 Å². The number of nitrogens with zero attached hydrogens (tertiary/aromatic N) is 7. The first-order valence-electron chi connectivity index (χ1n) is 15.6. The average Bonchev–Trinajstić information content (AvgIpc) is 3.77. The fourth-order valence-electron chi connectivity index (χ4n) is 5.25. The lowest BCUT2D eigenvalue weighted by atomic mass is 10.1. The Kier molecular flexibility index (Phi) is 11.3. The number of nitrogens with one attached hydrogen (secondary N) is 1. The van der Waals surface area contributed by atoms with E-state index in [0.29, 0.717) is 28.6 Å². The molecule has 0 aliphatic carbocycles. The Labute approximate surface area is 300 Å². The maximum Gasteiger partial charge on any atom is 0.419 e. The number of nitriles is 2. The van der Waals surface area contributed by atoms with Gasteiger partial charge in [-0.3, -0.25) is 0 Å². The molecule has 0 radical (unpaired) electrons. The van der Waals surface area contributed by atoms with Crippen LogP contribution in [0, 0.1) is 22.7 Å². The SMILES string of the molecule is CCOc1ccc(-c2cc3[nH]cnc3c(C#N)n2)cc1C(F)(F)F.CCOc1ccc(-c2cc3c(ncn3CCCBr)c(C#N)n2)cc1C(F)(F)F. The van der Waals surface area contributed by atoms with Crippen molar-refractivity contribution in [1.82, 2.24) is 29.5 Å². The number of benzene rings is 2. The van der Waals surface area contributed by atoms with Gasteiger partial charge in [0.25, 0.3) is 0 Å². The summed E-state index contributed by atoms with van der Waals surface area (Å²) in [6.45, 7) is 4.14. The molecular formula is C35H27BrF6N8O2. The Balaban J connectivity index is 0.000000203. The van der Waals surface area contributed by atoms with Crippen molar-refractivity contribution < 1.29 is 35.8 Å².